The van der Waals surface area contributed by atoms with E-state index in [9.17, 15) is 14.0 Å². The lowest BCUT2D eigenvalue weighted by molar-refractivity contribution is -0.115. The quantitative estimate of drug-likeness (QED) is 0.821. The van der Waals surface area contributed by atoms with Gasteiger partial charge in [0.2, 0.25) is 5.91 Å². The molecule has 0 fully saturated rings. The Morgan fingerprint density at radius 2 is 1.88 bits per heavy atom. The number of halogens is 2. The molecule has 1 amide bonds. The predicted molar refractivity (Wildman–Crippen MR) is 97.8 cm³/mol. The SMILES string of the molecule is CC(=O)c1ccc(CC(=O)Nc2ccc3c(c2F)CCNC3)cc1.Cl. The first-order chi connectivity index (χ1) is 11.5. The molecule has 2 aromatic rings. The van der Waals surface area contributed by atoms with E-state index in [0.717, 1.165) is 17.7 Å². The average Bonchev–Trinajstić information content (AvgIpc) is 2.58. The molecule has 0 saturated carbocycles. The third-order valence-electron chi connectivity index (χ3n) is 4.21. The van der Waals surface area contributed by atoms with Crippen LogP contribution in [0.2, 0.25) is 0 Å². The predicted octanol–water partition coefficient (Wildman–Crippen LogP) is 3.28. The Labute approximate surface area is 152 Å². The van der Waals surface area contributed by atoms with Crippen LogP contribution in [0.1, 0.15) is 34.0 Å². The van der Waals surface area contributed by atoms with Crippen molar-refractivity contribution < 1.29 is 14.0 Å². The van der Waals surface area contributed by atoms with Crippen molar-refractivity contribution in [3.8, 4) is 0 Å². The number of carbonyl (C=O) groups excluding carboxylic acids is 2. The minimum atomic E-state index is -0.339. The number of Topliss-reactive ketones (excluding diaryl/α,β-unsaturated/α-hetero) is 1. The van der Waals surface area contributed by atoms with Gasteiger partial charge in [0.1, 0.15) is 5.82 Å². The molecule has 132 valence electrons. The molecule has 0 bridgehead atoms. The van der Waals surface area contributed by atoms with E-state index in [1.807, 2.05) is 6.07 Å². The molecule has 1 aliphatic heterocycles. The molecule has 2 N–H and O–H groups in total. The standard InChI is InChI=1S/C19H19FN2O2.ClH/c1-12(23)14-4-2-13(3-5-14)10-18(24)22-17-7-6-15-11-21-9-8-16(15)19(17)20;/h2-7,21H,8-11H2,1H3,(H,22,24);1H. The van der Waals surface area contributed by atoms with Crippen molar-refractivity contribution in [3.05, 3.63) is 64.5 Å². The Kier molecular flexibility index (Phi) is 6.28. The van der Waals surface area contributed by atoms with Crippen LogP contribution in [0.3, 0.4) is 0 Å². The molecular weight excluding hydrogens is 343 g/mol. The third-order valence-corrected chi connectivity index (χ3v) is 4.21. The van der Waals surface area contributed by atoms with E-state index in [1.165, 1.54) is 6.92 Å². The average molecular weight is 363 g/mol. The summed E-state index contributed by atoms with van der Waals surface area (Å²) >= 11 is 0. The van der Waals surface area contributed by atoms with Gasteiger partial charge < -0.3 is 10.6 Å². The molecule has 0 saturated heterocycles. The molecule has 0 radical (unpaired) electrons. The van der Waals surface area contributed by atoms with Crippen LogP contribution in [0.25, 0.3) is 0 Å². The van der Waals surface area contributed by atoms with Crippen molar-refractivity contribution in [1.29, 1.82) is 0 Å². The van der Waals surface area contributed by atoms with Gasteiger partial charge in [0.15, 0.2) is 5.78 Å². The number of carbonyl (C=O) groups is 2. The highest BCUT2D eigenvalue weighted by Crippen LogP contribution is 2.24. The van der Waals surface area contributed by atoms with Gasteiger partial charge in [0.05, 0.1) is 12.1 Å². The number of hydrogen-bond donors (Lipinski definition) is 2. The molecule has 2 aromatic carbocycles. The fourth-order valence-corrected chi connectivity index (χ4v) is 2.87. The van der Waals surface area contributed by atoms with Gasteiger partial charge in [-0.15, -0.1) is 12.4 Å². The van der Waals surface area contributed by atoms with Crippen LogP contribution in [0.15, 0.2) is 36.4 Å². The van der Waals surface area contributed by atoms with Crippen LogP contribution >= 0.6 is 12.4 Å². The van der Waals surface area contributed by atoms with Crippen molar-refractivity contribution in [1.82, 2.24) is 5.32 Å². The summed E-state index contributed by atoms with van der Waals surface area (Å²) in [5, 5.41) is 5.84. The van der Waals surface area contributed by atoms with Gasteiger partial charge in [-0.05, 0) is 42.6 Å². The van der Waals surface area contributed by atoms with Gasteiger partial charge in [0, 0.05) is 12.1 Å². The maximum absolute atomic E-state index is 14.5. The number of anilines is 1. The summed E-state index contributed by atoms with van der Waals surface area (Å²) in [7, 11) is 0. The molecule has 0 unspecified atom stereocenters. The molecule has 0 spiro atoms. The topological polar surface area (TPSA) is 58.2 Å². The maximum Gasteiger partial charge on any atom is 0.228 e. The first kappa shape index (κ1) is 19.1. The normalized spacial score (nSPS) is 12.7. The van der Waals surface area contributed by atoms with Crippen LogP contribution in [0, 0.1) is 5.82 Å². The van der Waals surface area contributed by atoms with Crippen molar-refractivity contribution in [3.63, 3.8) is 0 Å². The number of benzene rings is 2. The van der Waals surface area contributed by atoms with Crippen LogP contribution in [-0.2, 0) is 24.2 Å². The van der Waals surface area contributed by atoms with Crippen LogP contribution < -0.4 is 10.6 Å². The molecule has 1 heterocycles. The number of amides is 1. The molecular formula is C19H20ClFN2O2. The van der Waals surface area contributed by atoms with Crippen molar-refractivity contribution >= 4 is 29.8 Å². The summed E-state index contributed by atoms with van der Waals surface area (Å²) in [5.41, 5.74) is 3.23. The highest BCUT2D eigenvalue weighted by molar-refractivity contribution is 5.95. The summed E-state index contributed by atoms with van der Waals surface area (Å²) < 4.78 is 14.5. The van der Waals surface area contributed by atoms with Gasteiger partial charge in [-0.3, -0.25) is 9.59 Å². The second-order valence-corrected chi connectivity index (χ2v) is 5.97. The van der Waals surface area contributed by atoms with E-state index >= 15 is 0 Å². The summed E-state index contributed by atoms with van der Waals surface area (Å²) in [6.07, 6.45) is 0.758. The molecule has 6 heteroatoms. The minimum absolute atomic E-state index is 0. The summed E-state index contributed by atoms with van der Waals surface area (Å²) in [6, 6.07) is 10.3. The third kappa shape index (κ3) is 4.44. The molecule has 0 aliphatic carbocycles. The first-order valence-electron chi connectivity index (χ1n) is 7.95. The zero-order valence-corrected chi connectivity index (χ0v) is 14.7. The summed E-state index contributed by atoms with van der Waals surface area (Å²) in [5.74, 6) is -0.635. The largest absolute Gasteiger partial charge is 0.323 e. The number of nitrogens with one attached hydrogen (secondary N) is 2. The summed E-state index contributed by atoms with van der Waals surface area (Å²) in [4.78, 5) is 23.4. The fraction of sp³-hybridized carbons (Fsp3) is 0.263. The molecule has 0 aromatic heterocycles. The lowest BCUT2D eigenvalue weighted by Crippen LogP contribution is -2.25. The van der Waals surface area contributed by atoms with Crippen LogP contribution in [0.4, 0.5) is 10.1 Å². The summed E-state index contributed by atoms with van der Waals surface area (Å²) in [6.45, 7) is 2.89. The highest BCUT2D eigenvalue weighted by Gasteiger charge is 2.17. The van der Waals surface area contributed by atoms with Gasteiger partial charge in [-0.1, -0.05) is 30.3 Å². The number of ketones is 1. The van der Waals surface area contributed by atoms with E-state index in [4.69, 9.17) is 0 Å². The van der Waals surface area contributed by atoms with E-state index < -0.39 is 0 Å². The van der Waals surface area contributed by atoms with Crippen LogP contribution in [-0.4, -0.2) is 18.2 Å². The maximum atomic E-state index is 14.5. The first-order valence-corrected chi connectivity index (χ1v) is 7.95. The Balaban J connectivity index is 0.00000225. The molecule has 25 heavy (non-hydrogen) atoms. The molecule has 4 nitrogen and oxygen atoms in total. The Bertz CT molecular complexity index is 791. The Hall–Kier alpha value is -2.24. The van der Waals surface area contributed by atoms with E-state index in [2.05, 4.69) is 10.6 Å². The lowest BCUT2D eigenvalue weighted by Gasteiger charge is -2.19. The van der Waals surface area contributed by atoms with Crippen molar-refractivity contribution in [2.75, 3.05) is 11.9 Å². The zero-order valence-electron chi connectivity index (χ0n) is 13.9. The molecule has 0 atom stereocenters. The number of hydrogen-bond acceptors (Lipinski definition) is 3. The highest BCUT2D eigenvalue weighted by atomic mass is 35.5. The van der Waals surface area contributed by atoms with Crippen LogP contribution in [0.5, 0.6) is 0 Å². The second kappa shape index (κ2) is 8.23. The minimum Gasteiger partial charge on any atom is -0.323 e. The van der Waals surface area contributed by atoms with Gasteiger partial charge in [0.25, 0.3) is 0 Å². The lowest BCUT2D eigenvalue weighted by atomic mass is 9.99. The zero-order chi connectivity index (χ0) is 17.1. The monoisotopic (exact) mass is 362 g/mol. The van der Waals surface area contributed by atoms with E-state index in [1.54, 1.807) is 30.3 Å². The molecule has 1 aliphatic rings. The Morgan fingerprint density at radius 1 is 1.16 bits per heavy atom. The van der Waals surface area contributed by atoms with Crippen molar-refractivity contribution in [2.45, 2.75) is 26.3 Å². The number of fused-ring (bicyclic) bond motifs is 1. The Morgan fingerprint density at radius 3 is 2.56 bits per heavy atom. The van der Waals surface area contributed by atoms with Gasteiger partial charge >= 0.3 is 0 Å². The van der Waals surface area contributed by atoms with Gasteiger partial charge in [-0.2, -0.15) is 0 Å². The second-order valence-electron chi connectivity index (χ2n) is 5.97. The number of rotatable bonds is 4. The van der Waals surface area contributed by atoms with E-state index in [-0.39, 0.29) is 42.0 Å². The van der Waals surface area contributed by atoms with E-state index in [0.29, 0.717) is 24.1 Å². The fourth-order valence-electron chi connectivity index (χ4n) is 2.87. The molecule has 3 rings (SSSR count). The van der Waals surface area contributed by atoms with Gasteiger partial charge in [-0.25, -0.2) is 4.39 Å². The smallest absolute Gasteiger partial charge is 0.228 e. The van der Waals surface area contributed by atoms with Crippen molar-refractivity contribution in [2.24, 2.45) is 0 Å².